The molecule has 1 amide bonds. The van der Waals surface area contributed by atoms with E-state index in [1.54, 1.807) is 12.2 Å². The topological polar surface area (TPSA) is 38.3 Å². The Morgan fingerprint density at radius 3 is 2.50 bits per heavy atom. The van der Waals surface area contributed by atoms with Gasteiger partial charge in [-0.3, -0.25) is 4.79 Å². The van der Waals surface area contributed by atoms with Crippen LogP contribution >= 0.6 is 0 Å². The van der Waals surface area contributed by atoms with Gasteiger partial charge < -0.3 is 10.1 Å². The maximum absolute atomic E-state index is 11.9. The number of hydrogen-bond donors (Lipinski definition) is 1. The molecule has 0 aliphatic heterocycles. The molecule has 1 N–H and O–H groups in total. The molecule has 0 spiro atoms. The van der Waals surface area contributed by atoms with E-state index in [9.17, 15) is 4.79 Å². The van der Waals surface area contributed by atoms with E-state index >= 15 is 0 Å². The number of amides is 1. The molecular weight excluding hydrogens is 274 g/mol. The van der Waals surface area contributed by atoms with E-state index in [0.717, 1.165) is 18.4 Å². The Kier molecular flexibility index (Phi) is 7.75. The second-order valence-electron chi connectivity index (χ2n) is 5.95. The summed E-state index contributed by atoms with van der Waals surface area (Å²) in [6.07, 6.45) is 12.0. The Bertz CT molecular complexity index is 448. The highest BCUT2D eigenvalue weighted by molar-refractivity contribution is 5.87. The van der Waals surface area contributed by atoms with Crippen molar-refractivity contribution in [3.8, 4) is 0 Å². The molecule has 0 radical (unpaired) electrons. The summed E-state index contributed by atoms with van der Waals surface area (Å²) in [6.45, 7) is 1.04. The largest absolute Gasteiger partial charge is 0.373 e. The molecule has 1 aliphatic carbocycles. The van der Waals surface area contributed by atoms with Crippen molar-refractivity contribution < 1.29 is 9.53 Å². The minimum atomic E-state index is 0.00823. The van der Waals surface area contributed by atoms with Crippen molar-refractivity contribution >= 4 is 5.91 Å². The maximum Gasteiger partial charge on any atom is 0.243 e. The maximum atomic E-state index is 11.9. The third-order valence-corrected chi connectivity index (χ3v) is 4.05. The molecule has 3 heteroatoms. The molecule has 1 aromatic rings. The van der Waals surface area contributed by atoms with E-state index in [1.165, 1.54) is 32.1 Å². The zero-order chi connectivity index (χ0) is 15.5. The molecule has 3 nitrogen and oxygen atoms in total. The van der Waals surface area contributed by atoms with Gasteiger partial charge in [0.2, 0.25) is 5.91 Å². The first kappa shape index (κ1) is 16.8. The monoisotopic (exact) mass is 301 g/mol. The van der Waals surface area contributed by atoms with Crippen molar-refractivity contribution in [2.45, 2.75) is 57.6 Å². The Balaban J connectivity index is 1.61. The summed E-state index contributed by atoms with van der Waals surface area (Å²) in [4.78, 5) is 11.9. The molecule has 0 saturated heterocycles. The predicted molar refractivity (Wildman–Crippen MR) is 89.5 cm³/mol. The zero-order valence-corrected chi connectivity index (χ0v) is 13.3. The van der Waals surface area contributed by atoms with Gasteiger partial charge in [-0.1, -0.05) is 68.5 Å². The number of benzene rings is 1. The molecule has 1 aliphatic rings. The SMILES string of the molecule is O=C(C=CCOCc1ccccc1)NC1CCCCCCC1. The van der Waals surface area contributed by atoms with Crippen LogP contribution < -0.4 is 5.32 Å². The fraction of sp³-hybridized carbons (Fsp3) is 0.526. The van der Waals surface area contributed by atoms with Crippen LogP contribution in [-0.4, -0.2) is 18.6 Å². The Morgan fingerprint density at radius 2 is 1.77 bits per heavy atom. The van der Waals surface area contributed by atoms with E-state index in [1.807, 2.05) is 30.3 Å². The Labute approximate surface area is 133 Å². The summed E-state index contributed by atoms with van der Waals surface area (Å²) in [5.74, 6) is 0.00823. The number of nitrogens with one attached hydrogen (secondary N) is 1. The highest BCUT2D eigenvalue weighted by Gasteiger charge is 2.12. The van der Waals surface area contributed by atoms with Gasteiger partial charge in [-0.05, 0) is 18.4 Å². The summed E-state index contributed by atoms with van der Waals surface area (Å²) in [5, 5.41) is 3.11. The number of carbonyl (C=O) groups excluding carboxylic acids is 1. The van der Waals surface area contributed by atoms with E-state index < -0.39 is 0 Å². The van der Waals surface area contributed by atoms with Crippen LogP contribution in [0.4, 0.5) is 0 Å². The van der Waals surface area contributed by atoms with Crippen molar-refractivity contribution in [2.24, 2.45) is 0 Å². The molecule has 0 bridgehead atoms. The molecule has 0 atom stereocenters. The number of hydrogen-bond acceptors (Lipinski definition) is 2. The second kappa shape index (κ2) is 10.2. The summed E-state index contributed by atoms with van der Waals surface area (Å²) in [6, 6.07) is 10.4. The average Bonchev–Trinajstić information content (AvgIpc) is 2.50. The molecule has 0 heterocycles. The summed E-state index contributed by atoms with van der Waals surface area (Å²) >= 11 is 0. The van der Waals surface area contributed by atoms with Gasteiger partial charge in [-0.15, -0.1) is 0 Å². The molecule has 1 aromatic carbocycles. The lowest BCUT2D eigenvalue weighted by Crippen LogP contribution is -2.34. The predicted octanol–water partition coefficient (Wildman–Crippen LogP) is 3.99. The number of rotatable bonds is 6. The van der Waals surface area contributed by atoms with Crippen LogP contribution in [0.15, 0.2) is 42.5 Å². The Morgan fingerprint density at radius 1 is 1.09 bits per heavy atom. The lowest BCUT2D eigenvalue weighted by atomic mass is 9.97. The van der Waals surface area contributed by atoms with Gasteiger partial charge in [-0.25, -0.2) is 0 Å². The van der Waals surface area contributed by atoms with Crippen LogP contribution in [0.2, 0.25) is 0 Å². The van der Waals surface area contributed by atoms with Crippen molar-refractivity contribution in [1.29, 1.82) is 0 Å². The van der Waals surface area contributed by atoms with Crippen molar-refractivity contribution in [3.05, 3.63) is 48.0 Å². The summed E-state index contributed by atoms with van der Waals surface area (Å²) < 4.78 is 5.53. The molecule has 0 aromatic heterocycles. The minimum absolute atomic E-state index is 0.00823. The Hall–Kier alpha value is -1.61. The third-order valence-electron chi connectivity index (χ3n) is 4.05. The summed E-state index contributed by atoms with van der Waals surface area (Å²) in [7, 11) is 0. The summed E-state index contributed by atoms with van der Waals surface area (Å²) in [5.41, 5.74) is 1.15. The van der Waals surface area contributed by atoms with E-state index in [4.69, 9.17) is 4.74 Å². The van der Waals surface area contributed by atoms with Crippen LogP contribution in [0.25, 0.3) is 0 Å². The first-order chi connectivity index (χ1) is 10.8. The van der Waals surface area contributed by atoms with Crippen LogP contribution in [0.5, 0.6) is 0 Å². The van der Waals surface area contributed by atoms with Crippen LogP contribution in [0.1, 0.15) is 50.5 Å². The van der Waals surface area contributed by atoms with Gasteiger partial charge in [0, 0.05) is 12.1 Å². The molecule has 0 unspecified atom stereocenters. The van der Waals surface area contributed by atoms with Gasteiger partial charge in [0.1, 0.15) is 0 Å². The standard InChI is InChI=1S/C19H27NO2/c21-19(20-18-12-7-2-1-3-8-13-18)14-9-15-22-16-17-10-5-4-6-11-17/h4-6,9-11,14,18H,1-3,7-8,12-13,15-16H2,(H,20,21). The van der Waals surface area contributed by atoms with Crippen LogP contribution in [0.3, 0.4) is 0 Å². The van der Waals surface area contributed by atoms with Gasteiger partial charge in [0.15, 0.2) is 0 Å². The fourth-order valence-electron chi connectivity index (χ4n) is 2.82. The third kappa shape index (κ3) is 6.90. The zero-order valence-electron chi connectivity index (χ0n) is 13.3. The van der Waals surface area contributed by atoms with Gasteiger partial charge in [0.05, 0.1) is 13.2 Å². The van der Waals surface area contributed by atoms with Crippen molar-refractivity contribution in [1.82, 2.24) is 5.32 Å². The quantitative estimate of drug-likeness (QED) is 0.637. The fourth-order valence-corrected chi connectivity index (χ4v) is 2.82. The highest BCUT2D eigenvalue weighted by Crippen LogP contribution is 2.16. The van der Waals surface area contributed by atoms with Crippen molar-refractivity contribution in [3.63, 3.8) is 0 Å². The lowest BCUT2D eigenvalue weighted by Gasteiger charge is -2.20. The number of carbonyl (C=O) groups is 1. The van der Waals surface area contributed by atoms with Gasteiger partial charge in [-0.2, -0.15) is 0 Å². The number of ether oxygens (including phenoxy) is 1. The molecular formula is C19H27NO2. The first-order valence-corrected chi connectivity index (χ1v) is 8.43. The van der Waals surface area contributed by atoms with Crippen molar-refractivity contribution in [2.75, 3.05) is 6.61 Å². The van der Waals surface area contributed by atoms with Gasteiger partial charge >= 0.3 is 0 Å². The molecule has 1 fully saturated rings. The van der Waals surface area contributed by atoms with Crippen LogP contribution in [0, 0.1) is 0 Å². The van der Waals surface area contributed by atoms with E-state index in [-0.39, 0.29) is 5.91 Å². The molecule has 2 rings (SSSR count). The minimum Gasteiger partial charge on any atom is -0.373 e. The van der Waals surface area contributed by atoms with Crippen LogP contribution in [-0.2, 0) is 16.1 Å². The second-order valence-corrected chi connectivity index (χ2v) is 5.95. The first-order valence-electron chi connectivity index (χ1n) is 8.43. The molecule has 120 valence electrons. The van der Waals surface area contributed by atoms with E-state index in [0.29, 0.717) is 19.3 Å². The lowest BCUT2D eigenvalue weighted by molar-refractivity contribution is -0.117. The average molecular weight is 301 g/mol. The molecule has 22 heavy (non-hydrogen) atoms. The van der Waals surface area contributed by atoms with E-state index in [2.05, 4.69) is 5.32 Å². The van der Waals surface area contributed by atoms with Gasteiger partial charge in [0.25, 0.3) is 0 Å². The molecule has 1 saturated carbocycles. The highest BCUT2D eigenvalue weighted by atomic mass is 16.5. The normalized spacial score (nSPS) is 17.1. The smallest absolute Gasteiger partial charge is 0.243 e.